The summed E-state index contributed by atoms with van der Waals surface area (Å²) < 4.78 is 17.3. The molecule has 1 N–H and O–H groups in total. The summed E-state index contributed by atoms with van der Waals surface area (Å²) in [6.45, 7) is 3.42. The Bertz CT molecular complexity index is 950. The summed E-state index contributed by atoms with van der Waals surface area (Å²) >= 11 is 0. The van der Waals surface area contributed by atoms with Gasteiger partial charge >= 0.3 is 0 Å². The maximum atomic E-state index is 12.6. The largest absolute Gasteiger partial charge is 0.493 e. The summed E-state index contributed by atoms with van der Waals surface area (Å²) in [5.41, 5.74) is 1.07. The first-order chi connectivity index (χ1) is 14.5. The Labute approximate surface area is 175 Å². The number of nitrogens with zero attached hydrogens (tertiary/aromatic N) is 1. The number of piperidine rings is 1. The molecule has 7 nitrogen and oxygen atoms in total. The highest BCUT2D eigenvalue weighted by atomic mass is 16.5. The molecule has 2 aromatic rings. The molecule has 0 aromatic heterocycles. The third-order valence-corrected chi connectivity index (χ3v) is 5.72. The minimum Gasteiger partial charge on any atom is -0.493 e. The van der Waals surface area contributed by atoms with E-state index in [1.165, 1.54) is 0 Å². The molecular weight excluding hydrogens is 384 g/mol. The maximum Gasteiger partial charge on any atom is 0.260 e. The Morgan fingerprint density at radius 3 is 2.63 bits per heavy atom. The number of hydrogen-bond donors (Lipinski definition) is 1. The fraction of sp³-hybridized carbons (Fsp3) is 0.391. The van der Waals surface area contributed by atoms with Crippen molar-refractivity contribution in [1.82, 2.24) is 10.2 Å². The van der Waals surface area contributed by atoms with Crippen molar-refractivity contribution in [1.29, 1.82) is 0 Å². The summed E-state index contributed by atoms with van der Waals surface area (Å²) in [5, 5.41) is 2.99. The highest BCUT2D eigenvalue weighted by molar-refractivity contribution is 5.97. The van der Waals surface area contributed by atoms with Crippen LogP contribution in [0.25, 0.3) is 0 Å². The van der Waals surface area contributed by atoms with Gasteiger partial charge in [0, 0.05) is 25.9 Å². The minimum atomic E-state index is -0.504. The van der Waals surface area contributed by atoms with Gasteiger partial charge < -0.3 is 24.4 Å². The van der Waals surface area contributed by atoms with E-state index in [0.29, 0.717) is 55.3 Å². The molecule has 2 aliphatic heterocycles. The lowest BCUT2D eigenvalue weighted by atomic mass is 9.91. The summed E-state index contributed by atoms with van der Waals surface area (Å²) in [6, 6.07) is 12.9. The van der Waals surface area contributed by atoms with E-state index in [0.717, 1.165) is 5.56 Å². The molecule has 158 valence electrons. The molecule has 4 rings (SSSR count). The minimum absolute atomic E-state index is 0.0485. The second-order valence-electron chi connectivity index (χ2n) is 7.79. The van der Waals surface area contributed by atoms with Crippen molar-refractivity contribution in [2.24, 2.45) is 0 Å². The van der Waals surface area contributed by atoms with Crippen LogP contribution >= 0.6 is 0 Å². The van der Waals surface area contributed by atoms with Crippen LogP contribution in [0.1, 0.15) is 28.8 Å². The van der Waals surface area contributed by atoms with E-state index < -0.39 is 5.60 Å². The van der Waals surface area contributed by atoms with E-state index in [1.54, 1.807) is 24.1 Å². The van der Waals surface area contributed by atoms with Gasteiger partial charge in [0.25, 0.3) is 11.8 Å². The van der Waals surface area contributed by atoms with Crippen LogP contribution in [0.3, 0.4) is 0 Å². The van der Waals surface area contributed by atoms with E-state index in [-0.39, 0.29) is 18.4 Å². The molecule has 2 heterocycles. The summed E-state index contributed by atoms with van der Waals surface area (Å²) in [6.07, 6.45) is 1.28. The maximum absolute atomic E-state index is 12.6. The smallest absolute Gasteiger partial charge is 0.260 e. The molecule has 2 amide bonds. The molecule has 0 atom stereocenters. The van der Waals surface area contributed by atoms with E-state index >= 15 is 0 Å². The molecule has 0 aliphatic carbocycles. The number of amides is 2. The van der Waals surface area contributed by atoms with Gasteiger partial charge in [-0.2, -0.15) is 0 Å². The van der Waals surface area contributed by atoms with Gasteiger partial charge in [-0.05, 0) is 31.2 Å². The fourth-order valence-electron chi connectivity index (χ4n) is 3.93. The van der Waals surface area contributed by atoms with Crippen molar-refractivity contribution >= 4 is 11.8 Å². The number of aryl methyl sites for hydroxylation is 1. The van der Waals surface area contributed by atoms with Gasteiger partial charge in [0.1, 0.15) is 11.4 Å². The van der Waals surface area contributed by atoms with Gasteiger partial charge in [-0.15, -0.1) is 0 Å². The Kier molecular flexibility index (Phi) is 5.53. The fourth-order valence-corrected chi connectivity index (χ4v) is 3.93. The molecule has 7 heteroatoms. The molecule has 2 aromatic carbocycles. The average molecular weight is 410 g/mol. The number of likely N-dealkylation sites (tertiary alicyclic amines) is 1. The van der Waals surface area contributed by atoms with Crippen LogP contribution in [-0.4, -0.2) is 55.7 Å². The van der Waals surface area contributed by atoms with Gasteiger partial charge in [-0.25, -0.2) is 0 Å². The SMILES string of the molecule is COc1ccccc1OCC(=O)N1CCC2(CC1)CNC(=O)c1cc(C)ccc1O2. The van der Waals surface area contributed by atoms with E-state index in [1.807, 2.05) is 37.3 Å². The zero-order valence-corrected chi connectivity index (χ0v) is 17.3. The van der Waals surface area contributed by atoms with E-state index in [4.69, 9.17) is 14.2 Å². The van der Waals surface area contributed by atoms with Crippen molar-refractivity contribution in [3.05, 3.63) is 53.6 Å². The Morgan fingerprint density at radius 2 is 1.90 bits per heavy atom. The molecule has 0 bridgehead atoms. The number of carbonyl (C=O) groups is 2. The van der Waals surface area contributed by atoms with Crippen LogP contribution in [0.4, 0.5) is 0 Å². The third-order valence-electron chi connectivity index (χ3n) is 5.72. The average Bonchev–Trinajstić information content (AvgIpc) is 2.90. The normalized spacial score (nSPS) is 17.4. The summed E-state index contributed by atoms with van der Waals surface area (Å²) in [4.78, 5) is 26.9. The predicted octanol–water partition coefficient (Wildman–Crippen LogP) is 2.57. The molecule has 0 radical (unpaired) electrons. The van der Waals surface area contributed by atoms with Crippen molar-refractivity contribution in [3.8, 4) is 17.2 Å². The Morgan fingerprint density at radius 1 is 1.17 bits per heavy atom. The number of nitrogens with one attached hydrogen (secondary N) is 1. The van der Waals surface area contributed by atoms with Crippen LogP contribution in [0.5, 0.6) is 17.2 Å². The number of rotatable bonds is 4. The second-order valence-corrected chi connectivity index (χ2v) is 7.79. The van der Waals surface area contributed by atoms with Crippen LogP contribution in [0, 0.1) is 6.92 Å². The van der Waals surface area contributed by atoms with Crippen molar-refractivity contribution in [2.75, 3.05) is 33.4 Å². The molecule has 1 fully saturated rings. The van der Waals surface area contributed by atoms with Crippen molar-refractivity contribution in [2.45, 2.75) is 25.4 Å². The topological polar surface area (TPSA) is 77.1 Å². The van der Waals surface area contributed by atoms with Gasteiger partial charge in [0.2, 0.25) is 0 Å². The van der Waals surface area contributed by atoms with Crippen molar-refractivity contribution in [3.63, 3.8) is 0 Å². The molecule has 2 aliphatic rings. The lowest BCUT2D eigenvalue weighted by Gasteiger charge is -2.41. The van der Waals surface area contributed by atoms with Crippen molar-refractivity contribution < 1.29 is 23.8 Å². The first-order valence-electron chi connectivity index (χ1n) is 10.1. The van der Waals surface area contributed by atoms with Gasteiger partial charge in [-0.1, -0.05) is 23.8 Å². The highest BCUT2D eigenvalue weighted by Gasteiger charge is 2.41. The lowest BCUT2D eigenvalue weighted by molar-refractivity contribution is -0.136. The monoisotopic (exact) mass is 410 g/mol. The third kappa shape index (κ3) is 4.06. The van der Waals surface area contributed by atoms with Crippen LogP contribution in [0.15, 0.2) is 42.5 Å². The Balaban J connectivity index is 1.38. The number of para-hydroxylation sites is 2. The molecule has 0 unspecified atom stereocenters. The van der Waals surface area contributed by atoms with Crippen LogP contribution < -0.4 is 19.5 Å². The van der Waals surface area contributed by atoms with E-state index in [2.05, 4.69) is 5.32 Å². The summed E-state index contributed by atoms with van der Waals surface area (Å²) in [7, 11) is 1.57. The second kappa shape index (κ2) is 8.26. The molecule has 0 saturated carbocycles. The standard InChI is InChI=1S/C23H26N2O5/c1-16-7-8-18-17(13-16)22(27)24-15-23(30-18)9-11-25(12-10-23)21(26)14-29-20-6-4-3-5-19(20)28-2/h3-8,13H,9-12,14-15H2,1-2H3,(H,24,27). The number of ether oxygens (including phenoxy) is 3. The molecule has 30 heavy (non-hydrogen) atoms. The zero-order chi connectivity index (χ0) is 21.1. The number of hydrogen-bond acceptors (Lipinski definition) is 5. The number of methoxy groups -OCH3 is 1. The molecular formula is C23H26N2O5. The first-order valence-corrected chi connectivity index (χ1v) is 10.1. The van der Waals surface area contributed by atoms with Crippen LogP contribution in [-0.2, 0) is 4.79 Å². The number of fused-ring (bicyclic) bond motifs is 1. The van der Waals surface area contributed by atoms with Gasteiger partial charge in [0.15, 0.2) is 18.1 Å². The lowest BCUT2D eigenvalue weighted by Crippen LogP contribution is -2.54. The quantitative estimate of drug-likeness (QED) is 0.838. The highest BCUT2D eigenvalue weighted by Crippen LogP contribution is 2.33. The van der Waals surface area contributed by atoms with Crippen LogP contribution in [0.2, 0.25) is 0 Å². The first kappa shape index (κ1) is 20.1. The summed E-state index contributed by atoms with van der Waals surface area (Å²) in [5.74, 6) is 1.55. The Hall–Kier alpha value is -3.22. The number of carbonyl (C=O) groups excluding carboxylic acids is 2. The van der Waals surface area contributed by atoms with Gasteiger partial charge in [0.05, 0.1) is 19.2 Å². The number of benzene rings is 2. The predicted molar refractivity (Wildman–Crippen MR) is 111 cm³/mol. The zero-order valence-electron chi connectivity index (χ0n) is 17.3. The van der Waals surface area contributed by atoms with Gasteiger partial charge in [-0.3, -0.25) is 9.59 Å². The van der Waals surface area contributed by atoms with E-state index in [9.17, 15) is 9.59 Å². The molecule has 1 saturated heterocycles. The molecule has 1 spiro atoms.